The van der Waals surface area contributed by atoms with Crippen LogP contribution in [-0.4, -0.2) is 80.2 Å². The summed E-state index contributed by atoms with van der Waals surface area (Å²) in [5.74, 6) is 0.105. The second kappa shape index (κ2) is 12.7. The number of amides is 1. The van der Waals surface area contributed by atoms with Gasteiger partial charge in [-0.3, -0.25) is 18.4 Å². The molecule has 52 heavy (non-hydrogen) atoms. The monoisotopic (exact) mass is 717 g/mol. The average molecular weight is 718 g/mol. The molecule has 3 aromatic carbocycles. The molecule has 0 radical (unpaired) electrons. The number of aromatic nitrogens is 3. The maximum Gasteiger partial charge on any atom is 0.255 e. The van der Waals surface area contributed by atoms with E-state index in [0.717, 1.165) is 45.9 Å². The van der Waals surface area contributed by atoms with Gasteiger partial charge in [-0.2, -0.15) is 5.26 Å². The van der Waals surface area contributed by atoms with Crippen LogP contribution in [0.4, 0.5) is 10.1 Å². The molecule has 0 unspecified atom stereocenters. The lowest BCUT2D eigenvalue weighted by atomic mass is 10.0. The van der Waals surface area contributed by atoms with Crippen molar-refractivity contribution in [3.05, 3.63) is 95.6 Å². The minimum atomic E-state index is -3.78. The highest BCUT2D eigenvalue weighted by Gasteiger charge is 2.27. The molecule has 0 spiro atoms. The number of carbonyl (C=O) groups excluding carboxylic acids is 1. The number of morpholine rings is 1. The maximum absolute atomic E-state index is 13.9. The van der Waals surface area contributed by atoms with Gasteiger partial charge >= 0.3 is 0 Å². The number of carbonyl (C=O) groups is 1. The number of halogens is 1. The van der Waals surface area contributed by atoms with Crippen LogP contribution in [0, 0.1) is 17.1 Å². The van der Waals surface area contributed by atoms with Gasteiger partial charge in [0.1, 0.15) is 28.5 Å². The highest BCUT2D eigenvalue weighted by molar-refractivity contribution is 7.92. The Bertz CT molecular complexity index is 2730. The van der Waals surface area contributed by atoms with Crippen LogP contribution in [0.1, 0.15) is 21.7 Å². The van der Waals surface area contributed by atoms with Crippen molar-refractivity contribution in [3.8, 4) is 28.7 Å². The number of furan rings is 1. The first-order chi connectivity index (χ1) is 25.0. The number of nitrogens with zero attached hydrogens (tertiary/aromatic N) is 6. The second-order valence-electron chi connectivity index (χ2n) is 12.7. The van der Waals surface area contributed by atoms with E-state index in [0.29, 0.717) is 58.6 Å². The van der Waals surface area contributed by atoms with Gasteiger partial charge in [0, 0.05) is 55.2 Å². The number of pyridine rings is 1. The molecule has 1 saturated heterocycles. The standard InChI is InChI=1S/C38H32FN7O5S/c1-41-38(47)35-27-17-26(31(44(2)52(3,48)49)19-33(27)51-37(35)22-7-9-24(39)10-8-22)28-11-12-29-36(43-28)32-18-25-23(20-40)5-4-6-30(25)46(32)34(42-29)21-45-13-15-50-16-14-45/h4-12,17-19H,13-16,21H2,1-3H3,(H,41,47). The third-order valence-corrected chi connectivity index (χ3v) is 10.7. The highest BCUT2D eigenvalue weighted by atomic mass is 32.2. The Balaban J connectivity index is 1.40. The third-order valence-electron chi connectivity index (χ3n) is 9.54. The van der Waals surface area contributed by atoms with Crippen molar-refractivity contribution >= 4 is 60.0 Å². The average Bonchev–Trinajstić information content (AvgIpc) is 3.73. The summed E-state index contributed by atoms with van der Waals surface area (Å²) < 4.78 is 54.8. The van der Waals surface area contributed by atoms with Gasteiger partial charge in [-0.15, -0.1) is 0 Å². The predicted molar refractivity (Wildman–Crippen MR) is 196 cm³/mol. The summed E-state index contributed by atoms with van der Waals surface area (Å²) in [6.45, 7) is 3.33. The highest BCUT2D eigenvalue weighted by Crippen LogP contribution is 2.41. The molecule has 0 atom stereocenters. The molecule has 1 aliphatic heterocycles. The number of hydrogen-bond donors (Lipinski definition) is 1. The third kappa shape index (κ3) is 5.59. The molecule has 14 heteroatoms. The van der Waals surface area contributed by atoms with Crippen molar-refractivity contribution in [2.45, 2.75) is 6.54 Å². The van der Waals surface area contributed by atoms with Gasteiger partial charge < -0.3 is 14.5 Å². The number of nitrogens with one attached hydrogen (secondary N) is 1. The molecule has 1 amide bonds. The summed E-state index contributed by atoms with van der Waals surface area (Å²) >= 11 is 0. The SMILES string of the molecule is CNC(=O)c1c(-c2ccc(F)cc2)oc2cc(N(C)S(C)(=O)=O)c(-c3ccc4nc(CN5CCOCC5)n5c6cccc(C#N)c6cc5c4n3)cc12. The van der Waals surface area contributed by atoms with E-state index in [1.807, 2.05) is 28.7 Å². The van der Waals surface area contributed by atoms with Gasteiger partial charge in [0.2, 0.25) is 10.0 Å². The van der Waals surface area contributed by atoms with E-state index in [1.165, 1.54) is 38.4 Å². The van der Waals surface area contributed by atoms with Crippen molar-refractivity contribution in [3.63, 3.8) is 0 Å². The van der Waals surface area contributed by atoms with E-state index in [2.05, 4.69) is 16.3 Å². The fourth-order valence-electron chi connectivity index (χ4n) is 6.85. The van der Waals surface area contributed by atoms with Crippen molar-refractivity contribution in [1.29, 1.82) is 5.26 Å². The number of fused-ring (bicyclic) bond motifs is 6. The van der Waals surface area contributed by atoms with Crippen LogP contribution in [-0.2, 0) is 21.3 Å². The van der Waals surface area contributed by atoms with Crippen LogP contribution in [0.15, 0.2) is 77.2 Å². The first-order valence-corrected chi connectivity index (χ1v) is 18.4. The van der Waals surface area contributed by atoms with Crippen molar-refractivity contribution in [2.24, 2.45) is 0 Å². The Morgan fingerprint density at radius 1 is 1.02 bits per heavy atom. The maximum atomic E-state index is 13.9. The second-order valence-corrected chi connectivity index (χ2v) is 14.7. The molecule has 0 bridgehead atoms. The van der Waals surface area contributed by atoms with E-state index in [1.54, 1.807) is 24.3 Å². The lowest BCUT2D eigenvalue weighted by molar-refractivity contribution is 0.0330. The van der Waals surface area contributed by atoms with Crippen LogP contribution >= 0.6 is 0 Å². The quantitative estimate of drug-likeness (QED) is 0.219. The number of nitriles is 1. The van der Waals surface area contributed by atoms with Crippen molar-refractivity contribution in [1.82, 2.24) is 24.6 Å². The largest absolute Gasteiger partial charge is 0.455 e. The van der Waals surface area contributed by atoms with E-state index >= 15 is 0 Å². The topological polar surface area (TPSA) is 146 Å². The minimum Gasteiger partial charge on any atom is -0.455 e. The number of ether oxygens (including phenoxy) is 1. The van der Waals surface area contributed by atoms with Gasteiger partial charge in [-0.25, -0.2) is 22.8 Å². The van der Waals surface area contributed by atoms with Crippen LogP contribution < -0.4 is 9.62 Å². The molecular weight excluding hydrogens is 686 g/mol. The summed E-state index contributed by atoms with van der Waals surface area (Å²) in [5, 5.41) is 13.8. The van der Waals surface area contributed by atoms with Gasteiger partial charge in [-0.05, 0) is 60.7 Å². The molecule has 0 saturated carbocycles. The Labute approximate surface area is 297 Å². The number of benzene rings is 3. The Hall–Kier alpha value is -5.88. The zero-order valence-electron chi connectivity index (χ0n) is 28.5. The molecule has 1 N–H and O–H groups in total. The molecule has 4 aromatic heterocycles. The number of anilines is 1. The summed E-state index contributed by atoms with van der Waals surface area (Å²) in [6, 6.07) is 22.3. The fraction of sp³-hybridized carbons (Fsp3) is 0.211. The molecule has 8 rings (SSSR count). The van der Waals surface area contributed by atoms with Crippen LogP contribution in [0.25, 0.3) is 61.0 Å². The van der Waals surface area contributed by atoms with E-state index in [4.69, 9.17) is 19.1 Å². The van der Waals surface area contributed by atoms with E-state index < -0.39 is 21.7 Å². The molecular formula is C38H32FN7O5S. The number of hydrogen-bond acceptors (Lipinski definition) is 9. The number of sulfonamides is 1. The predicted octanol–water partition coefficient (Wildman–Crippen LogP) is 5.71. The molecule has 5 heterocycles. The zero-order chi connectivity index (χ0) is 36.3. The fourth-order valence-corrected chi connectivity index (χ4v) is 7.36. The normalized spacial score (nSPS) is 14.0. The molecule has 0 aliphatic carbocycles. The molecule has 1 fully saturated rings. The van der Waals surface area contributed by atoms with Gasteiger partial charge in [0.05, 0.1) is 71.1 Å². The first-order valence-electron chi connectivity index (χ1n) is 16.5. The van der Waals surface area contributed by atoms with Crippen molar-refractivity contribution in [2.75, 3.05) is 51.0 Å². The van der Waals surface area contributed by atoms with Gasteiger partial charge in [0.15, 0.2) is 0 Å². The summed E-state index contributed by atoms with van der Waals surface area (Å²) in [7, 11) is -0.842. The van der Waals surface area contributed by atoms with Crippen LogP contribution in [0.3, 0.4) is 0 Å². The van der Waals surface area contributed by atoms with E-state index in [9.17, 15) is 22.9 Å². The molecule has 1 aliphatic rings. The van der Waals surface area contributed by atoms with Crippen LogP contribution in [0.5, 0.6) is 0 Å². The van der Waals surface area contributed by atoms with Crippen LogP contribution in [0.2, 0.25) is 0 Å². The van der Waals surface area contributed by atoms with E-state index in [-0.39, 0.29) is 22.6 Å². The minimum absolute atomic E-state index is 0.206. The Kier molecular flexibility index (Phi) is 8.13. The van der Waals surface area contributed by atoms with Gasteiger partial charge in [0.25, 0.3) is 5.91 Å². The smallest absolute Gasteiger partial charge is 0.255 e. The Morgan fingerprint density at radius 2 is 1.79 bits per heavy atom. The summed E-state index contributed by atoms with van der Waals surface area (Å²) in [6.07, 6.45) is 1.10. The Morgan fingerprint density at radius 3 is 2.50 bits per heavy atom. The lowest BCUT2D eigenvalue weighted by Crippen LogP contribution is -2.36. The molecule has 262 valence electrons. The lowest BCUT2D eigenvalue weighted by Gasteiger charge is -2.26. The first kappa shape index (κ1) is 33.3. The number of rotatable bonds is 7. The van der Waals surface area contributed by atoms with Gasteiger partial charge in [-0.1, -0.05) is 6.07 Å². The molecule has 7 aromatic rings. The summed E-state index contributed by atoms with van der Waals surface area (Å²) in [5.41, 5.74) is 5.28. The molecule has 12 nitrogen and oxygen atoms in total. The summed E-state index contributed by atoms with van der Waals surface area (Å²) in [4.78, 5) is 25.9. The zero-order valence-corrected chi connectivity index (χ0v) is 29.3. The van der Waals surface area contributed by atoms with Crippen molar-refractivity contribution < 1.29 is 26.8 Å².